The number of esters is 1. The molecule has 0 saturated heterocycles. The third-order valence-electron chi connectivity index (χ3n) is 3.74. The van der Waals surface area contributed by atoms with Crippen molar-refractivity contribution in [1.82, 2.24) is 0 Å². The maximum Gasteiger partial charge on any atom is 0.303 e. The van der Waals surface area contributed by atoms with Gasteiger partial charge in [0.25, 0.3) is 0 Å². The minimum Gasteiger partial charge on any atom is -0.446 e. The molecule has 0 aromatic heterocycles. The lowest BCUT2D eigenvalue weighted by atomic mass is 9.87. The van der Waals surface area contributed by atoms with Crippen molar-refractivity contribution >= 4 is 27.7 Å². The minimum atomic E-state index is -1.14. The summed E-state index contributed by atoms with van der Waals surface area (Å²) in [7, 11) is 0. The van der Waals surface area contributed by atoms with Crippen molar-refractivity contribution in [3.8, 4) is 0 Å². The highest BCUT2D eigenvalue weighted by Gasteiger charge is 2.41. The van der Waals surface area contributed by atoms with Crippen LogP contribution in [0, 0.1) is 0 Å². The van der Waals surface area contributed by atoms with E-state index in [4.69, 9.17) is 9.84 Å². The van der Waals surface area contributed by atoms with Crippen LogP contribution in [0.2, 0.25) is 0 Å². The number of aliphatic hydroxyl groups excluding tert-OH is 1. The molecule has 0 radical (unpaired) electrons. The molecule has 0 spiro atoms. The van der Waals surface area contributed by atoms with Crippen molar-refractivity contribution in [3.05, 3.63) is 22.7 Å². The number of carbonyl (C=O) groups is 2. The number of hydrogen-bond donors (Lipinski definition) is 1. The summed E-state index contributed by atoms with van der Waals surface area (Å²) in [4.78, 5) is 23.7. The van der Waals surface area contributed by atoms with Crippen LogP contribution in [0.1, 0.15) is 58.3 Å². The topological polar surface area (TPSA) is 63.6 Å². The van der Waals surface area contributed by atoms with Crippen molar-refractivity contribution in [3.63, 3.8) is 0 Å². The molecule has 0 aliphatic heterocycles. The number of halogens is 1. The Morgan fingerprint density at radius 2 is 1.77 bits per heavy atom. The SMILES string of the molecule is CC(=O)OC1(CCCCCCCCCO)C=CC=C(Br)C1=O. The van der Waals surface area contributed by atoms with Crippen molar-refractivity contribution in [2.75, 3.05) is 6.61 Å². The summed E-state index contributed by atoms with van der Waals surface area (Å²) < 4.78 is 5.79. The number of Topliss-reactive ketones (excluding diaryl/α,β-unsaturated/α-hetero) is 1. The molecular formula is C17H25BrO4. The Bertz CT molecular complexity index is 442. The first kappa shape index (κ1) is 19.1. The number of carbonyl (C=O) groups excluding carboxylic acids is 2. The number of ketones is 1. The van der Waals surface area contributed by atoms with E-state index >= 15 is 0 Å². The van der Waals surface area contributed by atoms with E-state index in [0.717, 1.165) is 44.9 Å². The van der Waals surface area contributed by atoms with Gasteiger partial charge in [0.1, 0.15) is 0 Å². The Labute approximate surface area is 140 Å². The monoisotopic (exact) mass is 372 g/mol. The Kier molecular flexibility index (Phi) is 8.64. The molecule has 0 fully saturated rings. The highest BCUT2D eigenvalue weighted by atomic mass is 79.9. The Balaban J connectivity index is 2.41. The summed E-state index contributed by atoms with van der Waals surface area (Å²) in [6.45, 7) is 1.60. The van der Waals surface area contributed by atoms with Crippen molar-refractivity contribution < 1.29 is 19.4 Å². The van der Waals surface area contributed by atoms with Crippen LogP contribution in [0.25, 0.3) is 0 Å². The van der Waals surface area contributed by atoms with Crippen LogP contribution in [-0.2, 0) is 14.3 Å². The molecule has 1 atom stereocenters. The summed E-state index contributed by atoms with van der Waals surface area (Å²) in [5, 5.41) is 8.71. The van der Waals surface area contributed by atoms with Crippen LogP contribution in [0.3, 0.4) is 0 Å². The van der Waals surface area contributed by atoms with Gasteiger partial charge in [0.05, 0.1) is 4.48 Å². The molecule has 1 aliphatic carbocycles. The quantitative estimate of drug-likeness (QED) is 0.467. The molecule has 4 nitrogen and oxygen atoms in total. The fourth-order valence-electron chi connectivity index (χ4n) is 2.61. The molecule has 5 heteroatoms. The normalized spacial score (nSPS) is 20.9. The number of allylic oxidation sites excluding steroid dienone is 2. The minimum absolute atomic E-state index is 0.187. The molecule has 1 rings (SSSR count). The molecule has 0 saturated carbocycles. The van der Waals surface area contributed by atoms with Crippen LogP contribution >= 0.6 is 15.9 Å². The van der Waals surface area contributed by atoms with Gasteiger partial charge >= 0.3 is 5.97 Å². The van der Waals surface area contributed by atoms with E-state index in [-0.39, 0.29) is 12.4 Å². The molecule has 0 aromatic rings. The van der Waals surface area contributed by atoms with Gasteiger partial charge in [-0.15, -0.1) is 0 Å². The van der Waals surface area contributed by atoms with Crippen LogP contribution in [-0.4, -0.2) is 29.1 Å². The first-order chi connectivity index (χ1) is 10.5. The van der Waals surface area contributed by atoms with Gasteiger partial charge < -0.3 is 9.84 Å². The highest BCUT2D eigenvalue weighted by molar-refractivity contribution is 9.12. The third kappa shape index (κ3) is 6.05. The smallest absolute Gasteiger partial charge is 0.303 e. The Morgan fingerprint density at radius 3 is 2.36 bits per heavy atom. The summed E-state index contributed by atoms with van der Waals surface area (Å²) in [6, 6.07) is 0. The van der Waals surface area contributed by atoms with Crippen molar-refractivity contribution in [2.45, 2.75) is 63.9 Å². The summed E-state index contributed by atoms with van der Waals surface area (Å²) in [5.74, 6) is -0.627. The second-order valence-electron chi connectivity index (χ2n) is 5.63. The average Bonchev–Trinajstić information content (AvgIpc) is 2.47. The molecule has 0 bridgehead atoms. The van der Waals surface area contributed by atoms with Crippen molar-refractivity contribution in [2.24, 2.45) is 0 Å². The second kappa shape index (κ2) is 9.95. The molecule has 1 aliphatic rings. The molecule has 1 N–H and O–H groups in total. The zero-order valence-electron chi connectivity index (χ0n) is 13.1. The molecule has 0 amide bonds. The van der Waals surface area contributed by atoms with Gasteiger partial charge in [-0.3, -0.25) is 9.59 Å². The van der Waals surface area contributed by atoms with Gasteiger partial charge in [-0.05, 0) is 47.3 Å². The zero-order chi connectivity index (χ0) is 16.4. The molecule has 0 aromatic carbocycles. The van der Waals surface area contributed by atoms with Gasteiger partial charge in [-0.1, -0.05) is 38.2 Å². The van der Waals surface area contributed by atoms with E-state index < -0.39 is 11.6 Å². The van der Waals surface area contributed by atoms with Gasteiger partial charge in [0.2, 0.25) is 5.78 Å². The number of aliphatic hydroxyl groups is 1. The van der Waals surface area contributed by atoms with Crippen LogP contribution in [0.5, 0.6) is 0 Å². The van der Waals surface area contributed by atoms with E-state index in [0.29, 0.717) is 10.9 Å². The largest absolute Gasteiger partial charge is 0.446 e. The Morgan fingerprint density at radius 1 is 1.18 bits per heavy atom. The summed E-state index contributed by atoms with van der Waals surface area (Å²) in [5.41, 5.74) is -1.14. The number of hydrogen-bond acceptors (Lipinski definition) is 4. The number of rotatable bonds is 10. The van der Waals surface area contributed by atoms with Gasteiger partial charge in [0, 0.05) is 13.5 Å². The summed E-state index contributed by atoms with van der Waals surface area (Å²) >= 11 is 3.23. The average molecular weight is 373 g/mol. The van der Waals surface area contributed by atoms with Crippen LogP contribution < -0.4 is 0 Å². The maximum atomic E-state index is 12.4. The van der Waals surface area contributed by atoms with Crippen LogP contribution in [0.15, 0.2) is 22.7 Å². The molecule has 124 valence electrons. The van der Waals surface area contributed by atoms with Crippen molar-refractivity contribution in [1.29, 1.82) is 0 Å². The van der Waals surface area contributed by atoms with E-state index in [9.17, 15) is 9.59 Å². The second-order valence-corrected chi connectivity index (χ2v) is 6.49. The maximum absolute atomic E-state index is 12.4. The third-order valence-corrected chi connectivity index (χ3v) is 4.37. The molecular weight excluding hydrogens is 348 g/mol. The fraction of sp³-hybridized carbons (Fsp3) is 0.647. The fourth-order valence-corrected chi connectivity index (χ4v) is 3.10. The molecule has 22 heavy (non-hydrogen) atoms. The van der Waals surface area contributed by atoms with E-state index in [1.54, 1.807) is 18.2 Å². The number of unbranched alkanes of at least 4 members (excludes halogenated alkanes) is 6. The standard InChI is InChI=1S/C17H25BrO4/c1-14(20)22-17(12-9-10-15(18)16(17)21)11-7-5-3-2-4-6-8-13-19/h9-10,12,19H,2-8,11,13H2,1H3. The van der Waals surface area contributed by atoms with E-state index in [2.05, 4.69) is 15.9 Å². The predicted molar refractivity (Wildman–Crippen MR) is 89.7 cm³/mol. The molecule has 1 unspecified atom stereocenters. The van der Waals surface area contributed by atoms with Gasteiger partial charge in [0.15, 0.2) is 5.60 Å². The predicted octanol–water partition coefficient (Wildman–Crippen LogP) is 3.82. The van der Waals surface area contributed by atoms with E-state index in [1.165, 1.54) is 6.92 Å². The van der Waals surface area contributed by atoms with Crippen LogP contribution in [0.4, 0.5) is 0 Å². The zero-order valence-corrected chi connectivity index (χ0v) is 14.7. The highest BCUT2D eigenvalue weighted by Crippen LogP contribution is 2.31. The summed E-state index contributed by atoms with van der Waals surface area (Å²) in [6.07, 6.45) is 12.8. The lowest BCUT2D eigenvalue weighted by molar-refractivity contribution is -0.159. The lowest BCUT2D eigenvalue weighted by Crippen LogP contribution is -2.42. The first-order valence-corrected chi connectivity index (χ1v) is 8.71. The van der Waals surface area contributed by atoms with Gasteiger partial charge in [-0.2, -0.15) is 0 Å². The van der Waals surface area contributed by atoms with E-state index in [1.807, 2.05) is 0 Å². The number of ether oxygens (including phenoxy) is 1. The lowest BCUT2D eigenvalue weighted by Gasteiger charge is -2.30. The first-order valence-electron chi connectivity index (χ1n) is 7.92. The van der Waals surface area contributed by atoms with Gasteiger partial charge in [-0.25, -0.2) is 0 Å². The Hall–Kier alpha value is -0.940. The molecule has 0 heterocycles.